The summed E-state index contributed by atoms with van der Waals surface area (Å²) < 4.78 is 11.6. The molecule has 2 unspecified atom stereocenters. The van der Waals surface area contributed by atoms with Crippen LogP contribution in [0.4, 0.5) is 10.5 Å². The SMILES string of the molecule is O=C(Nc1ccc(OC2CCN(C(=O)C3CCCO3)C2)cc1)N1Cc2ccncc2C1. The van der Waals surface area contributed by atoms with Crippen LogP contribution in [0.15, 0.2) is 42.7 Å². The lowest BCUT2D eigenvalue weighted by Gasteiger charge is -2.20. The highest BCUT2D eigenvalue weighted by Crippen LogP contribution is 2.25. The highest BCUT2D eigenvalue weighted by atomic mass is 16.5. The number of likely N-dealkylation sites (tertiary alicyclic amines) is 1. The Morgan fingerprint density at radius 1 is 1.06 bits per heavy atom. The van der Waals surface area contributed by atoms with Gasteiger partial charge in [-0.1, -0.05) is 0 Å². The average Bonchev–Trinajstić information content (AvgIpc) is 3.55. The third kappa shape index (κ3) is 4.34. The minimum absolute atomic E-state index is 0.0255. The Balaban J connectivity index is 1.11. The number of rotatable bonds is 4. The number of aromatic nitrogens is 1. The Bertz CT molecular complexity index is 933. The van der Waals surface area contributed by atoms with Crippen molar-refractivity contribution in [3.8, 4) is 5.75 Å². The van der Waals surface area contributed by atoms with E-state index < -0.39 is 0 Å². The first-order chi connectivity index (χ1) is 15.2. The van der Waals surface area contributed by atoms with Crippen molar-refractivity contribution in [1.82, 2.24) is 14.8 Å². The molecule has 3 aliphatic rings. The van der Waals surface area contributed by atoms with Gasteiger partial charge >= 0.3 is 6.03 Å². The van der Waals surface area contributed by atoms with Crippen LogP contribution in [0, 0.1) is 0 Å². The third-order valence-electron chi connectivity index (χ3n) is 6.08. The summed E-state index contributed by atoms with van der Waals surface area (Å²) in [6.07, 6.45) is 5.84. The Hall–Kier alpha value is -3.13. The smallest absolute Gasteiger partial charge is 0.322 e. The molecule has 0 saturated carbocycles. The quantitative estimate of drug-likeness (QED) is 0.819. The van der Waals surface area contributed by atoms with Crippen molar-refractivity contribution in [1.29, 1.82) is 0 Å². The zero-order valence-electron chi connectivity index (χ0n) is 17.3. The summed E-state index contributed by atoms with van der Waals surface area (Å²) in [6, 6.07) is 9.19. The van der Waals surface area contributed by atoms with Gasteiger partial charge in [0.15, 0.2) is 0 Å². The van der Waals surface area contributed by atoms with Gasteiger partial charge in [-0.25, -0.2) is 4.79 Å². The highest BCUT2D eigenvalue weighted by molar-refractivity contribution is 5.89. The van der Waals surface area contributed by atoms with E-state index in [1.54, 1.807) is 11.1 Å². The van der Waals surface area contributed by atoms with E-state index in [9.17, 15) is 9.59 Å². The molecule has 0 aliphatic carbocycles. The van der Waals surface area contributed by atoms with E-state index in [-0.39, 0.29) is 24.1 Å². The summed E-state index contributed by atoms with van der Waals surface area (Å²) in [5.41, 5.74) is 2.94. The number of pyridine rings is 1. The molecule has 31 heavy (non-hydrogen) atoms. The van der Waals surface area contributed by atoms with E-state index >= 15 is 0 Å². The topological polar surface area (TPSA) is 84.0 Å². The van der Waals surface area contributed by atoms with Crippen LogP contribution in [0.5, 0.6) is 5.75 Å². The summed E-state index contributed by atoms with van der Waals surface area (Å²) in [4.78, 5) is 32.8. The molecule has 8 nitrogen and oxygen atoms in total. The van der Waals surface area contributed by atoms with Crippen LogP contribution in [0.25, 0.3) is 0 Å². The lowest BCUT2D eigenvalue weighted by atomic mass is 10.2. The number of carbonyl (C=O) groups is 2. The summed E-state index contributed by atoms with van der Waals surface area (Å²) in [5.74, 6) is 0.815. The third-order valence-corrected chi connectivity index (χ3v) is 6.08. The average molecular weight is 422 g/mol. The highest BCUT2D eigenvalue weighted by Gasteiger charge is 2.33. The lowest BCUT2D eigenvalue weighted by Crippen LogP contribution is -2.38. The van der Waals surface area contributed by atoms with E-state index in [0.717, 1.165) is 36.1 Å². The zero-order chi connectivity index (χ0) is 21.2. The minimum Gasteiger partial charge on any atom is -0.489 e. The number of ether oxygens (including phenoxy) is 2. The maximum atomic E-state index is 12.6. The number of hydrogen-bond donors (Lipinski definition) is 1. The van der Waals surface area contributed by atoms with Gasteiger partial charge in [0.2, 0.25) is 0 Å². The molecule has 162 valence electrons. The Kier molecular flexibility index (Phi) is 5.46. The van der Waals surface area contributed by atoms with Gasteiger partial charge < -0.3 is 24.6 Å². The van der Waals surface area contributed by atoms with Crippen molar-refractivity contribution in [2.24, 2.45) is 0 Å². The van der Waals surface area contributed by atoms with Crippen LogP contribution >= 0.6 is 0 Å². The first-order valence-corrected chi connectivity index (χ1v) is 10.8. The molecule has 0 radical (unpaired) electrons. The Labute approximate surface area is 181 Å². The molecular formula is C23H26N4O4. The monoisotopic (exact) mass is 422 g/mol. The molecule has 3 amide bonds. The number of anilines is 1. The van der Waals surface area contributed by atoms with E-state index in [4.69, 9.17) is 9.47 Å². The van der Waals surface area contributed by atoms with Crippen LogP contribution < -0.4 is 10.1 Å². The molecule has 8 heteroatoms. The number of fused-ring (bicyclic) bond motifs is 1. The largest absolute Gasteiger partial charge is 0.489 e. The van der Waals surface area contributed by atoms with Gasteiger partial charge in [0.25, 0.3) is 5.91 Å². The second kappa shape index (κ2) is 8.55. The number of hydrogen-bond acceptors (Lipinski definition) is 5. The van der Waals surface area contributed by atoms with E-state index in [1.165, 1.54) is 0 Å². The fourth-order valence-electron chi connectivity index (χ4n) is 4.38. The standard InChI is InChI=1S/C23H26N4O4/c28-22(21-2-1-11-30-21)26-10-8-20(15-26)31-19-5-3-18(4-6-19)25-23(29)27-13-16-7-9-24-12-17(16)14-27/h3-7,9,12,20-21H,1-2,8,10-11,13-15H2,(H,25,29). The van der Waals surface area contributed by atoms with Crippen molar-refractivity contribution < 1.29 is 19.1 Å². The predicted molar refractivity (Wildman–Crippen MR) is 114 cm³/mol. The molecule has 0 bridgehead atoms. The first kappa shape index (κ1) is 19.8. The second-order valence-corrected chi connectivity index (χ2v) is 8.27. The summed E-state index contributed by atoms with van der Waals surface area (Å²) >= 11 is 0. The Morgan fingerprint density at radius 3 is 2.68 bits per heavy atom. The number of nitrogens with zero attached hydrogens (tertiary/aromatic N) is 3. The van der Waals surface area contributed by atoms with E-state index in [1.807, 2.05) is 41.4 Å². The van der Waals surface area contributed by atoms with Crippen LogP contribution in [-0.2, 0) is 22.6 Å². The molecule has 4 heterocycles. The van der Waals surface area contributed by atoms with Crippen LogP contribution in [0.2, 0.25) is 0 Å². The fourth-order valence-corrected chi connectivity index (χ4v) is 4.38. The minimum atomic E-state index is -0.277. The molecule has 2 saturated heterocycles. The van der Waals surface area contributed by atoms with Crippen LogP contribution in [-0.4, -0.2) is 58.6 Å². The molecule has 1 aromatic heterocycles. The number of nitrogens with one attached hydrogen (secondary N) is 1. The van der Waals surface area contributed by atoms with Gasteiger partial charge in [-0.05, 0) is 54.3 Å². The normalized spacial score (nSPS) is 22.5. The van der Waals surface area contributed by atoms with Gasteiger partial charge in [-0.3, -0.25) is 9.78 Å². The molecule has 1 aromatic carbocycles. The van der Waals surface area contributed by atoms with Gasteiger partial charge in [-0.15, -0.1) is 0 Å². The summed E-state index contributed by atoms with van der Waals surface area (Å²) in [6.45, 7) is 3.12. The molecular weight excluding hydrogens is 396 g/mol. The Morgan fingerprint density at radius 2 is 1.90 bits per heavy atom. The van der Waals surface area contributed by atoms with Gasteiger partial charge in [0.1, 0.15) is 18.0 Å². The summed E-state index contributed by atoms with van der Waals surface area (Å²) in [5, 5.41) is 2.94. The van der Waals surface area contributed by atoms with E-state index in [2.05, 4.69) is 10.3 Å². The molecule has 0 spiro atoms. The van der Waals surface area contributed by atoms with E-state index in [0.29, 0.717) is 38.5 Å². The van der Waals surface area contributed by atoms with Crippen molar-refractivity contribution in [3.05, 3.63) is 53.9 Å². The van der Waals surface area contributed by atoms with Gasteiger partial charge in [0, 0.05) is 50.7 Å². The van der Waals surface area contributed by atoms with Crippen molar-refractivity contribution in [2.45, 2.75) is 44.6 Å². The predicted octanol–water partition coefficient (Wildman–Crippen LogP) is 2.79. The zero-order valence-corrected chi connectivity index (χ0v) is 17.3. The van der Waals surface area contributed by atoms with Crippen molar-refractivity contribution >= 4 is 17.6 Å². The lowest BCUT2D eigenvalue weighted by molar-refractivity contribution is -0.140. The summed E-state index contributed by atoms with van der Waals surface area (Å²) in [7, 11) is 0. The fraction of sp³-hybridized carbons (Fsp3) is 0.435. The van der Waals surface area contributed by atoms with Crippen LogP contribution in [0.3, 0.4) is 0 Å². The molecule has 3 aliphatic heterocycles. The second-order valence-electron chi connectivity index (χ2n) is 8.27. The molecule has 5 rings (SSSR count). The molecule has 2 aromatic rings. The maximum absolute atomic E-state index is 12.6. The molecule has 2 atom stereocenters. The number of amides is 3. The molecule has 2 fully saturated rings. The van der Waals surface area contributed by atoms with Gasteiger partial charge in [-0.2, -0.15) is 0 Å². The first-order valence-electron chi connectivity index (χ1n) is 10.8. The number of carbonyl (C=O) groups excluding carboxylic acids is 2. The number of benzene rings is 1. The van der Waals surface area contributed by atoms with Crippen molar-refractivity contribution in [3.63, 3.8) is 0 Å². The van der Waals surface area contributed by atoms with Crippen molar-refractivity contribution in [2.75, 3.05) is 25.0 Å². The van der Waals surface area contributed by atoms with Gasteiger partial charge in [0.05, 0.1) is 6.54 Å². The van der Waals surface area contributed by atoms with Crippen LogP contribution in [0.1, 0.15) is 30.4 Å². The molecule has 1 N–H and O–H groups in total. The maximum Gasteiger partial charge on any atom is 0.322 e. The number of urea groups is 1.